The third-order valence-electron chi connectivity index (χ3n) is 4.80. The van der Waals surface area contributed by atoms with Gasteiger partial charge in [-0.2, -0.15) is 0 Å². The standard InChI is InChI=1S/C26H26/c1-3-21-7-5-9-25(19-21)17-15-23-11-13-24(14-12-23)16-18-26-10-6-8-22(4-2)20-26/h3-14,19-20H,1-2,15-18H2. The molecule has 0 nitrogen and oxygen atoms in total. The van der Waals surface area contributed by atoms with Gasteiger partial charge in [-0.15, -0.1) is 0 Å². The van der Waals surface area contributed by atoms with Crippen molar-refractivity contribution < 1.29 is 0 Å². The van der Waals surface area contributed by atoms with Crippen LogP contribution in [0.1, 0.15) is 33.4 Å². The number of rotatable bonds is 8. The van der Waals surface area contributed by atoms with Crippen molar-refractivity contribution in [2.24, 2.45) is 0 Å². The molecule has 0 radical (unpaired) electrons. The van der Waals surface area contributed by atoms with Crippen LogP contribution in [0.3, 0.4) is 0 Å². The summed E-state index contributed by atoms with van der Waals surface area (Å²) in [5, 5.41) is 0. The van der Waals surface area contributed by atoms with Crippen LogP contribution in [0.5, 0.6) is 0 Å². The van der Waals surface area contributed by atoms with Crippen molar-refractivity contribution in [3.63, 3.8) is 0 Å². The first-order chi connectivity index (χ1) is 12.8. The van der Waals surface area contributed by atoms with Gasteiger partial charge in [-0.1, -0.05) is 98.1 Å². The Morgan fingerprint density at radius 1 is 0.500 bits per heavy atom. The first-order valence-electron chi connectivity index (χ1n) is 9.27. The minimum absolute atomic E-state index is 1.06. The summed E-state index contributed by atoms with van der Waals surface area (Å²) in [4.78, 5) is 0. The van der Waals surface area contributed by atoms with Crippen LogP contribution in [0, 0.1) is 0 Å². The molecule has 0 heterocycles. The van der Waals surface area contributed by atoms with E-state index in [0.29, 0.717) is 0 Å². The molecule has 3 aromatic carbocycles. The molecule has 0 amide bonds. The highest BCUT2D eigenvalue weighted by molar-refractivity contribution is 5.48. The number of aryl methyl sites for hydroxylation is 4. The first kappa shape index (κ1) is 17.9. The lowest BCUT2D eigenvalue weighted by Gasteiger charge is -2.06. The summed E-state index contributed by atoms with van der Waals surface area (Å²) in [6.45, 7) is 7.69. The second-order valence-electron chi connectivity index (χ2n) is 6.71. The van der Waals surface area contributed by atoms with Crippen molar-refractivity contribution in [1.82, 2.24) is 0 Å². The van der Waals surface area contributed by atoms with Crippen molar-refractivity contribution >= 4 is 12.2 Å². The molecule has 0 aliphatic rings. The van der Waals surface area contributed by atoms with Crippen LogP contribution >= 0.6 is 0 Å². The normalized spacial score (nSPS) is 10.5. The molecular formula is C26H26. The summed E-state index contributed by atoms with van der Waals surface area (Å²) in [5.74, 6) is 0. The van der Waals surface area contributed by atoms with Crippen LogP contribution in [-0.4, -0.2) is 0 Å². The fraction of sp³-hybridized carbons (Fsp3) is 0.154. The van der Waals surface area contributed by atoms with E-state index in [2.05, 4.69) is 86.0 Å². The van der Waals surface area contributed by atoms with Crippen molar-refractivity contribution in [2.45, 2.75) is 25.7 Å². The quantitative estimate of drug-likeness (QED) is 0.437. The van der Waals surface area contributed by atoms with Gasteiger partial charge in [-0.3, -0.25) is 0 Å². The molecule has 3 rings (SSSR count). The van der Waals surface area contributed by atoms with E-state index in [9.17, 15) is 0 Å². The van der Waals surface area contributed by atoms with E-state index in [4.69, 9.17) is 0 Å². The summed E-state index contributed by atoms with van der Waals surface area (Å²) in [6, 6.07) is 26.3. The molecule has 0 spiro atoms. The SMILES string of the molecule is C=Cc1cccc(CCc2ccc(CCc3cccc(C=C)c3)cc2)c1. The zero-order valence-electron chi connectivity index (χ0n) is 15.3. The third-order valence-corrected chi connectivity index (χ3v) is 4.80. The lowest BCUT2D eigenvalue weighted by molar-refractivity contribution is 0.939. The third kappa shape index (κ3) is 5.07. The maximum absolute atomic E-state index is 3.84. The summed E-state index contributed by atoms with van der Waals surface area (Å²) >= 11 is 0. The van der Waals surface area contributed by atoms with Crippen LogP contribution in [0.2, 0.25) is 0 Å². The van der Waals surface area contributed by atoms with Crippen LogP contribution in [0.15, 0.2) is 86.0 Å². The summed E-state index contributed by atoms with van der Waals surface area (Å²) < 4.78 is 0. The van der Waals surface area contributed by atoms with Gasteiger partial charge < -0.3 is 0 Å². The Hall–Kier alpha value is -2.86. The summed E-state index contributed by atoms with van der Waals surface area (Å²) in [6.07, 6.45) is 8.08. The van der Waals surface area contributed by atoms with E-state index >= 15 is 0 Å². The molecule has 0 N–H and O–H groups in total. The first-order valence-corrected chi connectivity index (χ1v) is 9.27. The van der Waals surface area contributed by atoms with E-state index in [0.717, 1.165) is 25.7 Å². The van der Waals surface area contributed by atoms with E-state index in [-0.39, 0.29) is 0 Å². The Labute approximate surface area is 157 Å². The number of hydrogen-bond acceptors (Lipinski definition) is 0. The van der Waals surface area contributed by atoms with E-state index in [1.54, 1.807) is 0 Å². The molecule has 0 unspecified atom stereocenters. The van der Waals surface area contributed by atoms with Crippen molar-refractivity contribution in [1.29, 1.82) is 0 Å². The van der Waals surface area contributed by atoms with E-state index < -0.39 is 0 Å². The minimum atomic E-state index is 1.06. The molecule has 3 aromatic rings. The largest absolute Gasteiger partial charge is 0.0985 e. The van der Waals surface area contributed by atoms with Gasteiger partial charge >= 0.3 is 0 Å². The number of hydrogen-bond donors (Lipinski definition) is 0. The monoisotopic (exact) mass is 338 g/mol. The Morgan fingerprint density at radius 2 is 0.885 bits per heavy atom. The zero-order valence-corrected chi connectivity index (χ0v) is 15.3. The molecule has 0 saturated heterocycles. The van der Waals surface area contributed by atoms with E-state index in [1.807, 2.05) is 12.2 Å². The Morgan fingerprint density at radius 3 is 1.27 bits per heavy atom. The maximum Gasteiger partial charge on any atom is -0.0238 e. The van der Waals surface area contributed by atoms with Gasteiger partial charge in [0.1, 0.15) is 0 Å². The molecule has 0 aliphatic carbocycles. The molecule has 0 heteroatoms. The van der Waals surface area contributed by atoms with Crippen LogP contribution < -0.4 is 0 Å². The van der Waals surface area contributed by atoms with Gasteiger partial charge in [-0.05, 0) is 59.1 Å². The van der Waals surface area contributed by atoms with Gasteiger partial charge in [0.15, 0.2) is 0 Å². The number of benzene rings is 3. The van der Waals surface area contributed by atoms with Crippen LogP contribution in [0.25, 0.3) is 12.2 Å². The fourth-order valence-corrected chi connectivity index (χ4v) is 3.20. The van der Waals surface area contributed by atoms with Crippen LogP contribution in [-0.2, 0) is 25.7 Å². The van der Waals surface area contributed by atoms with Gasteiger partial charge in [0, 0.05) is 0 Å². The Kier molecular flexibility index (Phi) is 6.22. The Bertz CT molecular complexity index is 794. The Balaban J connectivity index is 1.54. The van der Waals surface area contributed by atoms with Crippen molar-refractivity contribution in [3.05, 3.63) is 119 Å². The molecule has 130 valence electrons. The van der Waals surface area contributed by atoms with Gasteiger partial charge in [0.2, 0.25) is 0 Å². The minimum Gasteiger partial charge on any atom is -0.0985 e. The molecular weight excluding hydrogens is 312 g/mol. The molecule has 0 bridgehead atoms. The highest BCUT2D eigenvalue weighted by Crippen LogP contribution is 2.14. The van der Waals surface area contributed by atoms with Gasteiger partial charge in [0.05, 0.1) is 0 Å². The molecule has 0 atom stereocenters. The highest BCUT2D eigenvalue weighted by atomic mass is 14.1. The smallest absolute Gasteiger partial charge is 0.0238 e. The molecule has 0 saturated carbocycles. The lowest BCUT2D eigenvalue weighted by Crippen LogP contribution is -1.94. The van der Waals surface area contributed by atoms with Crippen molar-refractivity contribution in [2.75, 3.05) is 0 Å². The van der Waals surface area contributed by atoms with Gasteiger partial charge in [0.25, 0.3) is 0 Å². The second-order valence-corrected chi connectivity index (χ2v) is 6.71. The average Bonchev–Trinajstić information content (AvgIpc) is 2.72. The predicted octanol–water partition coefficient (Wildman–Crippen LogP) is 6.54. The van der Waals surface area contributed by atoms with Crippen molar-refractivity contribution in [3.8, 4) is 0 Å². The molecule has 0 fully saturated rings. The summed E-state index contributed by atoms with van der Waals surface area (Å²) in [5.41, 5.74) is 7.91. The summed E-state index contributed by atoms with van der Waals surface area (Å²) in [7, 11) is 0. The van der Waals surface area contributed by atoms with Gasteiger partial charge in [-0.25, -0.2) is 0 Å². The predicted molar refractivity (Wildman–Crippen MR) is 114 cm³/mol. The topological polar surface area (TPSA) is 0 Å². The molecule has 26 heavy (non-hydrogen) atoms. The maximum atomic E-state index is 3.84. The fourth-order valence-electron chi connectivity index (χ4n) is 3.20. The zero-order chi connectivity index (χ0) is 18.2. The average molecular weight is 338 g/mol. The van der Waals surface area contributed by atoms with Crippen LogP contribution in [0.4, 0.5) is 0 Å². The second kappa shape index (κ2) is 9.01. The molecule has 0 aromatic heterocycles. The molecule has 0 aliphatic heterocycles. The highest BCUT2D eigenvalue weighted by Gasteiger charge is 2.00. The lowest BCUT2D eigenvalue weighted by atomic mass is 9.99. The van der Waals surface area contributed by atoms with E-state index in [1.165, 1.54) is 33.4 Å².